The van der Waals surface area contributed by atoms with E-state index in [-0.39, 0.29) is 11.8 Å². The maximum absolute atomic E-state index is 12.7. The van der Waals surface area contributed by atoms with Gasteiger partial charge in [-0.3, -0.25) is 9.59 Å². The quantitative estimate of drug-likeness (QED) is 0.889. The molecule has 5 heteroatoms. The molecule has 0 fully saturated rings. The molecular formula is C19H19ClN2O2. The van der Waals surface area contributed by atoms with Gasteiger partial charge in [0.05, 0.1) is 0 Å². The molecule has 24 heavy (non-hydrogen) atoms. The predicted octanol–water partition coefficient (Wildman–Crippen LogP) is 4.10. The van der Waals surface area contributed by atoms with Crippen molar-refractivity contribution in [3.8, 4) is 0 Å². The van der Waals surface area contributed by atoms with Crippen LogP contribution < -0.4 is 5.32 Å². The number of nitrogens with zero attached hydrogens (tertiary/aromatic N) is 1. The minimum Gasteiger partial charge on any atom is -0.324 e. The van der Waals surface area contributed by atoms with Crippen LogP contribution in [-0.2, 0) is 11.3 Å². The third-order valence-corrected chi connectivity index (χ3v) is 4.45. The van der Waals surface area contributed by atoms with Crippen molar-refractivity contribution < 1.29 is 9.59 Å². The lowest BCUT2D eigenvalue weighted by Gasteiger charge is -2.26. The largest absolute Gasteiger partial charge is 0.324 e. The van der Waals surface area contributed by atoms with Gasteiger partial charge in [-0.15, -0.1) is 0 Å². The highest BCUT2D eigenvalue weighted by Crippen LogP contribution is 2.26. The van der Waals surface area contributed by atoms with Crippen molar-refractivity contribution in [3.63, 3.8) is 0 Å². The second kappa shape index (κ2) is 7.05. The number of halogens is 1. The molecule has 3 rings (SSSR count). The number of benzene rings is 2. The van der Waals surface area contributed by atoms with Gasteiger partial charge in [0.25, 0.3) is 5.91 Å². The molecule has 2 aromatic rings. The number of anilines is 1. The van der Waals surface area contributed by atoms with Gasteiger partial charge in [0.1, 0.15) is 6.04 Å². The zero-order valence-corrected chi connectivity index (χ0v) is 14.2. The molecule has 1 aliphatic rings. The Hall–Kier alpha value is -2.33. The molecule has 0 radical (unpaired) electrons. The minimum absolute atomic E-state index is 0.0738. The van der Waals surface area contributed by atoms with Gasteiger partial charge in [-0.25, -0.2) is 0 Å². The van der Waals surface area contributed by atoms with Crippen molar-refractivity contribution in [2.45, 2.75) is 32.4 Å². The first-order valence-corrected chi connectivity index (χ1v) is 8.43. The number of hydrogen-bond donors (Lipinski definition) is 1. The van der Waals surface area contributed by atoms with E-state index >= 15 is 0 Å². The van der Waals surface area contributed by atoms with Crippen LogP contribution in [-0.4, -0.2) is 22.8 Å². The molecule has 2 amide bonds. The highest BCUT2D eigenvalue weighted by Gasteiger charge is 2.35. The van der Waals surface area contributed by atoms with Crippen molar-refractivity contribution in [2.75, 3.05) is 5.32 Å². The van der Waals surface area contributed by atoms with E-state index < -0.39 is 6.04 Å². The summed E-state index contributed by atoms with van der Waals surface area (Å²) >= 11 is 5.87. The third-order valence-electron chi connectivity index (χ3n) is 4.20. The van der Waals surface area contributed by atoms with E-state index in [1.807, 2.05) is 31.2 Å². The fourth-order valence-electron chi connectivity index (χ4n) is 2.99. The molecule has 1 heterocycles. The van der Waals surface area contributed by atoms with Crippen molar-refractivity contribution in [1.29, 1.82) is 0 Å². The molecule has 0 saturated carbocycles. The number of nitrogens with one attached hydrogen (secondary N) is 1. The Bertz CT molecular complexity index is 758. The van der Waals surface area contributed by atoms with Crippen LogP contribution in [0.3, 0.4) is 0 Å². The molecule has 124 valence electrons. The van der Waals surface area contributed by atoms with E-state index in [2.05, 4.69) is 5.32 Å². The van der Waals surface area contributed by atoms with Gasteiger partial charge in [-0.2, -0.15) is 0 Å². The van der Waals surface area contributed by atoms with Crippen LogP contribution in [0.4, 0.5) is 5.69 Å². The van der Waals surface area contributed by atoms with Crippen molar-refractivity contribution in [2.24, 2.45) is 0 Å². The predicted molar refractivity (Wildman–Crippen MR) is 95.1 cm³/mol. The lowest BCUT2D eigenvalue weighted by atomic mass is 10.1. The van der Waals surface area contributed by atoms with E-state index in [1.54, 1.807) is 29.2 Å². The normalized spacial score (nSPS) is 14.4. The molecule has 1 N–H and O–H groups in total. The van der Waals surface area contributed by atoms with Crippen LogP contribution in [0.5, 0.6) is 0 Å². The fourth-order valence-corrected chi connectivity index (χ4v) is 3.12. The molecule has 1 unspecified atom stereocenters. The van der Waals surface area contributed by atoms with Crippen molar-refractivity contribution >= 4 is 29.1 Å². The Morgan fingerprint density at radius 3 is 2.58 bits per heavy atom. The lowest BCUT2D eigenvalue weighted by molar-refractivity contribution is -0.120. The topological polar surface area (TPSA) is 49.4 Å². The summed E-state index contributed by atoms with van der Waals surface area (Å²) in [6.45, 7) is 2.49. The molecule has 2 aromatic carbocycles. The summed E-state index contributed by atoms with van der Waals surface area (Å²) in [7, 11) is 0. The number of carbonyl (C=O) groups excluding carboxylic acids is 2. The van der Waals surface area contributed by atoms with Gasteiger partial charge >= 0.3 is 0 Å². The summed E-state index contributed by atoms with van der Waals surface area (Å²) in [4.78, 5) is 27.0. The summed E-state index contributed by atoms with van der Waals surface area (Å²) in [5.74, 6) is -0.240. The van der Waals surface area contributed by atoms with Crippen molar-refractivity contribution in [3.05, 3.63) is 64.7 Å². The average Bonchev–Trinajstić information content (AvgIpc) is 2.92. The van der Waals surface area contributed by atoms with Crippen LogP contribution in [0.15, 0.2) is 48.5 Å². The fraction of sp³-hybridized carbons (Fsp3) is 0.263. The summed E-state index contributed by atoms with van der Waals surface area (Å²) in [6.07, 6.45) is 1.44. The Morgan fingerprint density at radius 2 is 1.92 bits per heavy atom. The summed E-state index contributed by atoms with van der Waals surface area (Å²) in [5, 5.41) is 3.50. The molecule has 0 aliphatic carbocycles. The van der Waals surface area contributed by atoms with Crippen LogP contribution >= 0.6 is 11.6 Å². The molecular weight excluding hydrogens is 324 g/mol. The standard InChI is InChI=1S/C19H19ClN2O2/c1-2-5-17(18(23)21-15-10-8-14(20)9-11-15)22-12-13-6-3-4-7-16(13)19(22)24/h3-4,6-11,17H,2,5,12H2,1H3,(H,21,23). The maximum atomic E-state index is 12.7. The van der Waals surface area contributed by atoms with Crippen LogP contribution in [0, 0.1) is 0 Å². The Labute approximate surface area is 146 Å². The van der Waals surface area contributed by atoms with E-state index in [9.17, 15) is 9.59 Å². The number of rotatable bonds is 5. The SMILES string of the molecule is CCCC(C(=O)Nc1ccc(Cl)cc1)N1Cc2ccccc2C1=O. The molecule has 0 spiro atoms. The van der Waals surface area contributed by atoms with Crippen molar-refractivity contribution in [1.82, 2.24) is 4.90 Å². The second-order valence-corrected chi connectivity index (χ2v) is 6.33. The summed E-state index contributed by atoms with van der Waals surface area (Å²) < 4.78 is 0. The van der Waals surface area contributed by atoms with Gasteiger partial charge in [0, 0.05) is 22.8 Å². The minimum atomic E-state index is -0.481. The number of amides is 2. The van der Waals surface area contributed by atoms with E-state index in [0.717, 1.165) is 12.0 Å². The number of fused-ring (bicyclic) bond motifs is 1. The van der Waals surface area contributed by atoms with E-state index in [0.29, 0.717) is 29.2 Å². The molecule has 1 aliphatic heterocycles. The van der Waals surface area contributed by atoms with Gasteiger partial charge in [0.15, 0.2) is 0 Å². The molecule has 1 atom stereocenters. The molecule has 0 aromatic heterocycles. The van der Waals surface area contributed by atoms with Gasteiger partial charge < -0.3 is 10.2 Å². The zero-order chi connectivity index (χ0) is 17.1. The van der Waals surface area contributed by atoms with Gasteiger partial charge in [-0.1, -0.05) is 43.1 Å². The van der Waals surface area contributed by atoms with E-state index in [1.165, 1.54) is 0 Å². The summed E-state index contributed by atoms with van der Waals surface area (Å²) in [5.41, 5.74) is 2.34. The maximum Gasteiger partial charge on any atom is 0.255 e. The zero-order valence-electron chi connectivity index (χ0n) is 13.5. The first kappa shape index (κ1) is 16.5. The second-order valence-electron chi connectivity index (χ2n) is 5.89. The third kappa shape index (κ3) is 3.29. The van der Waals surface area contributed by atoms with E-state index in [4.69, 9.17) is 11.6 Å². The van der Waals surface area contributed by atoms with Crippen LogP contribution in [0.25, 0.3) is 0 Å². The Balaban J connectivity index is 1.79. The Morgan fingerprint density at radius 1 is 1.21 bits per heavy atom. The molecule has 0 saturated heterocycles. The smallest absolute Gasteiger partial charge is 0.255 e. The first-order chi connectivity index (χ1) is 11.6. The molecule has 4 nitrogen and oxygen atoms in total. The lowest BCUT2D eigenvalue weighted by Crippen LogP contribution is -2.44. The van der Waals surface area contributed by atoms with Crippen LogP contribution in [0.2, 0.25) is 5.02 Å². The number of hydrogen-bond acceptors (Lipinski definition) is 2. The summed E-state index contributed by atoms with van der Waals surface area (Å²) in [6, 6.07) is 14.0. The average molecular weight is 343 g/mol. The highest BCUT2D eigenvalue weighted by molar-refractivity contribution is 6.30. The molecule has 0 bridgehead atoms. The highest BCUT2D eigenvalue weighted by atomic mass is 35.5. The van der Waals surface area contributed by atoms with Crippen LogP contribution in [0.1, 0.15) is 35.7 Å². The van der Waals surface area contributed by atoms with Gasteiger partial charge in [-0.05, 0) is 42.3 Å². The van der Waals surface area contributed by atoms with Gasteiger partial charge in [0.2, 0.25) is 5.91 Å². The number of carbonyl (C=O) groups is 2. The Kier molecular flexibility index (Phi) is 4.86. The first-order valence-electron chi connectivity index (χ1n) is 8.05. The monoisotopic (exact) mass is 342 g/mol.